The van der Waals surface area contributed by atoms with Crippen LogP contribution in [-0.2, 0) is 4.74 Å². The van der Waals surface area contributed by atoms with Gasteiger partial charge in [0.2, 0.25) is 0 Å². The fraction of sp³-hybridized carbons (Fsp3) is 0.235. The van der Waals surface area contributed by atoms with Crippen molar-refractivity contribution in [3.05, 3.63) is 54.5 Å². The summed E-state index contributed by atoms with van der Waals surface area (Å²) in [4.78, 5) is 21.0. The highest BCUT2D eigenvalue weighted by molar-refractivity contribution is 5.90. The number of pyridine rings is 2. The van der Waals surface area contributed by atoms with Crippen LogP contribution >= 0.6 is 0 Å². The molecule has 5 nitrogen and oxygen atoms in total. The first-order chi connectivity index (χ1) is 10.5. The number of aromatic nitrogens is 2. The maximum Gasteiger partial charge on any atom is 0.416 e. The molecule has 1 amide bonds. The summed E-state index contributed by atoms with van der Waals surface area (Å²) in [5.74, 6) is 3.00. The van der Waals surface area contributed by atoms with E-state index < -0.39 is 11.7 Å². The van der Waals surface area contributed by atoms with E-state index >= 15 is 0 Å². The first-order valence-corrected chi connectivity index (χ1v) is 6.80. The topological polar surface area (TPSA) is 55.3 Å². The van der Waals surface area contributed by atoms with Crippen molar-refractivity contribution in [3.8, 4) is 12.3 Å². The number of anilines is 1. The molecule has 0 saturated carbocycles. The van der Waals surface area contributed by atoms with Gasteiger partial charge in [0.05, 0.1) is 12.1 Å². The average molecular weight is 295 g/mol. The lowest BCUT2D eigenvalue weighted by molar-refractivity contribution is 0.0871. The van der Waals surface area contributed by atoms with E-state index in [2.05, 4.69) is 15.9 Å². The van der Waals surface area contributed by atoms with Crippen molar-refractivity contribution in [3.63, 3.8) is 0 Å². The van der Waals surface area contributed by atoms with Crippen molar-refractivity contribution in [2.24, 2.45) is 0 Å². The largest absolute Gasteiger partial charge is 0.441 e. The van der Waals surface area contributed by atoms with Crippen LogP contribution in [-0.4, -0.2) is 28.2 Å². The Morgan fingerprint density at radius 3 is 2.41 bits per heavy atom. The van der Waals surface area contributed by atoms with Crippen LogP contribution in [0.2, 0.25) is 0 Å². The van der Waals surface area contributed by atoms with Gasteiger partial charge in [-0.05, 0) is 38.1 Å². The van der Waals surface area contributed by atoms with E-state index in [1.807, 2.05) is 32.0 Å². The van der Waals surface area contributed by atoms with Gasteiger partial charge in [0.1, 0.15) is 5.60 Å². The molecule has 1 aliphatic heterocycles. The number of rotatable bonds is 1. The Morgan fingerprint density at radius 2 is 1.95 bits per heavy atom. The van der Waals surface area contributed by atoms with E-state index in [9.17, 15) is 4.79 Å². The predicted molar refractivity (Wildman–Crippen MR) is 84.3 cm³/mol. The van der Waals surface area contributed by atoms with Crippen LogP contribution < -0.4 is 4.90 Å². The Labute approximate surface area is 130 Å². The minimum Gasteiger partial charge on any atom is -0.441 e. The van der Waals surface area contributed by atoms with Gasteiger partial charge in [-0.25, -0.2) is 9.78 Å². The maximum absolute atomic E-state index is 11.7. The Bertz CT molecular complexity index is 651. The van der Waals surface area contributed by atoms with Crippen molar-refractivity contribution >= 4 is 11.9 Å². The van der Waals surface area contributed by atoms with Gasteiger partial charge < -0.3 is 4.74 Å². The summed E-state index contributed by atoms with van der Waals surface area (Å²) in [6, 6.07) is 9.21. The summed E-state index contributed by atoms with van der Waals surface area (Å²) < 4.78 is 5.19. The van der Waals surface area contributed by atoms with E-state index in [0.717, 1.165) is 0 Å². The Morgan fingerprint density at radius 1 is 1.23 bits per heavy atom. The maximum atomic E-state index is 11.7. The molecule has 2 aromatic heterocycles. The molecular weight excluding hydrogens is 278 g/mol. The van der Waals surface area contributed by atoms with Gasteiger partial charge in [-0.2, -0.15) is 0 Å². The molecule has 1 aliphatic rings. The first kappa shape index (κ1) is 15.5. The zero-order valence-corrected chi connectivity index (χ0v) is 12.6. The lowest BCUT2D eigenvalue weighted by atomic mass is 10.1. The molecule has 0 aliphatic carbocycles. The molecule has 1 saturated heterocycles. The van der Waals surface area contributed by atoms with Crippen LogP contribution in [0.5, 0.6) is 0 Å². The van der Waals surface area contributed by atoms with Crippen molar-refractivity contribution < 1.29 is 9.53 Å². The number of carbonyl (C=O) groups is 1. The summed E-state index contributed by atoms with van der Waals surface area (Å²) in [5.41, 5.74) is 0.0951. The molecule has 0 bridgehead atoms. The third kappa shape index (κ3) is 3.83. The Kier molecular flexibility index (Phi) is 4.74. The van der Waals surface area contributed by atoms with Gasteiger partial charge in [0.15, 0.2) is 5.82 Å². The van der Waals surface area contributed by atoms with Gasteiger partial charge in [0, 0.05) is 18.6 Å². The molecule has 1 fully saturated rings. The number of carbonyl (C=O) groups excluding carboxylic acids is 1. The molecule has 0 aromatic carbocycles. The van der Waals surface area contributed by atoms with E-state index in [1.54, 1.807) is 30.7 Å². The Hall–Kier alpha value is -2.87. The molecule has 112 valence electrons. The molecule has 0 spiro atoms. The van der Waals surface area contributed by atoms with Gasteiger partial charge in [-0.3, -0.25) is 9.88 Å². The van der Waals surface area contributed by atoms with Crippen LogP contribution in [0.4, 0.5) is 10.6 Å². The van der Waals surface area contributed by atoms with Crippen LogP contribution in [0.15, 0.2) is 48.9 Å². The van der Waals surface area contributed by atoms with Gasteiger partial charge in [-0.15, -0.1) is 6.42 Å². The number of hydrogen-bond donors (Lipinski definition) is 0. The molecule has 5 heteroatoms. The molecule has 0 atom stereocenters. The molecular formula is C17H17N3O2. The van der Waals surface area contributed by atoms with Crippen molar-refractivity contribution in [1.29, 1.82) is 0 Å². The number of hydrogen-bond acceptors (Lipinski definition) is 4. The van der Waals surface area contributed by atoms with Crippen LogP contribution in [0.3, 0.4) is 0 Å². The zero-order chi connectivity index (χ0) is 16.0. The molecule has 22 heavy (non-hydrogen) atoms. The lowest BCUT2D eigenvalue weighted by Gasteiger charge is -2.15. The minimum atomic E-state index is -0.500. The quantitative estimate of drug-likeness (QED) is 0.759. The molecule has 3 rings (SSSR count). The van der Waals surface area contributed by atoms with Crippen molar-refractivity contribution in [2.45, 2.75) is 19.4 Å². The number of amides is 1. The zero-order valence-electron chi connectivity index (χ0n) is 12.6. The summed E-state index contributed by atoms with van der Waals surface area (Å²) in [7, 11) is 0. The lowest BCUT2D eigenvalue weighted by Crippen LogP contribution is -2.29. The van der Waals surface area contributed by atoms with Crippen LogP contribution in [0, 0.1) is 12.3 Å². The first-order valence-electron chi connectivity index (χ1n) is 6.80. The molecule has 2 aromatic rings. The summed E-state index contributed by atoms with van der Waals surface area (Å²) in [5, 5.41) is 0. The van der Waals surface area contributed by atoms with Crippen LogP contribution in [0.25, 0.3) is 0 Å². The SMILES string of the molecule is C#Cc1cccnc1N1CC(C)(C)OC1=O.c1ccncc1. The standard InChI is InChI=1S/C12H12N2O2.C5H5N/c1-4-9-6-5-7-13-10(9)14-8-12(2,3)16-11(14)15;1-2-4-6-5-3-1/h1,5-7H,8H2,2-3H3;1-5H. The highest BCUT2D eigenvalue weighted by Crippen LogP contribution is 2.27. The molecule has 0 unspecified atom stereocenters. The summed E-state index contributed by atoms with van der Waals surface area (Å²) in [6.07, 6.45) is 10.1. The number of nitrogens with zero attached hydrogens (tertiary/aromatic N) is 3. The molecule has 0 N–H and O–H groups in total. The van der Waals surface area contributed by atoms with Crippen molar-refractivity contribution in [2.75, 3.05) is 11.4 Å². The Balaban J connectivity index is 0.000000246. The second kappa shape index (κ2) is 6.72. The smallest absolute Gasteiger partial charge is 0.416 e. The summed E-state index contributed by atoms with van der Waals surface area (Å²) >= 11 is 0. The van der Waals surface area contributed by atoms with E-state index in [4.69, 9.17) is 11.2 Å². The second-order valence-electron chi connectivity index (χ2n) is 5.26. The average Bonchev–Trinajstić information content (AvgIpc) is 2.82. The van der Waals surface area contributed by atoms with Crippen molar-refractivity contribution in [1.82, 2.24) is 9.97 Å². The van der Waals surface area contributed by atoms with E-state index in [1.165, 1.54) is 4.90 Å². The highest BCUT2D eigenvalue weighted by Gasteiger charge is 2.39. The van der Waals surface area contributed by atoms with Crippen LogP contribution in [0.1, 0.15) is 19.4 Å². The normalized spacial score (nSPS) is 15.3. The molecule has 0 radical (unpaired) electrons. The number of terminal acetylenes is 1. The fourth-order valence-electron chi connectivity index (χ4n) is 1.97. The number of ether oxygens (including phenoxy) is 1. The molecule has 3 heterocycles. The summed E-state index contributed by atoms with van der Waals surface area (Å²) in [6.45, 7) is 4.16. The highest BCUT2D eigenvalue weighted by atomic mass is 16.6. The monoisotopic (exact) mass is 295 g/mol. The fourth-order valence-corrected chi connectivity index (χ4v) is 1.97. The van der Waals surface area contributed by atoms with Gasteiger partial charge in [-0.1, -0.05) is 12.0 Å². The van der Waals surface area contributed by atoms with Gasteiger partial charge in [0.25, 0.3) is 0 Å². The third-order valence-corrected chi connectivity index (χ3v) is 2.89. The van der Waals surface area contributed by atoms with E-state index in [-0.39, 0.29) is 0 Å². The van der Waals surface area contributed by atoms with Gasteiger partial charge >= 0.3 is 6.09 Å². The third-order valence-electron chi connectivity index (χ3n) is 2.89. The predicted octanol–water partition coefficient (Wildman–Crippen LogP) is 2.88. The second-order valence-corrected chi connectivity index (χ2v) is 5.26. The minimum absolute atomic E-state index is 0.403. The number of cyclic esters (lactones) is 1. The van der Waals surface area contributed by atoms with E-state index in [0.29, 0.717) is 17.9 Å².